The maximum Gasteiger partial charge on any atom is 0.412 e. The lowest BCUT2D eigenvalue weighted by Crippen LogP contribution is -2.56. The molecule has 4 nitrogen and oxygen atoms in total. The van der Waals surface area contributed by atoms with Crippen molar-refractivity contribution < 1.29 is 18.4 Å². The van der Waals surface area contributed by atoms with E-state index in [4.69, 9.17) is 4.74 Å². The zero-order valence-corrected chi connectivity index (χ0v) is 15.9. The number of thiophene rings is 1. The van der Waals surface area contributed by atoms with Crippen LogP contribution in [0.4, 0.5) is 14.9 Å². The van der Waals surface area contributed by atoms with E-state index in [0.29, 0.717) is 17.6 Å². The highest BCUT2D eigenvalue weighted by molar-refractivity contribution is 7.08. The first kappa shape index (κ1) is 17.5. The van der Waals surface area contributed by atoms with Crippen molar-refractivity contribution in [3.63, 3.8) is 0 Å². The number of nitrogens with zero attached hydrogens (tertiary/aromatic N) is 1. The minimum Gasteiger partial charge on any atom is -0.445 e. The molecule has 6 heteroatoms. The normalized spacial score (nSPS) is 26.5. The van der Waals surface area contributed by atoms with Crippen LogP contribution in [0.3, 0.4) is 0 Å². The number of hydrogen-bond donors (Lipinski definition) is 1. The maximum atomic E-state index is 14.3. The number of benzene rings is 1. The molecule has 3 atom stereocenters. The Kier molecular flexibility index (Phi) is 4.49. The summed E-state index contributed by atoms with van der Waals surface area (Å²) in [6.45, 7) is 0. The standard InChI is InChI=1S/C20H23FN2O2S/c1-23(2)14-6-7-15(23)11-16(10-14)25-20(24)22-19-17(4-3-5-18(19)21)13-8-9-26-12-13/h3-5,8-9,12,14-16H,6-7,10-11H2,1-2H3/p+1/t14-,15+,16?. The molecule has 2 aliphatic heterocycles. The molecule has 1 N–H and O–H groups in total. The molecule has 138 valence electrons. The lowest BCUT2D eigenvalue weighted by molar-refractivity contribution is -0.931. The molecule has 0 aliphatic carbocycles. The second-order valence-corrected chi connectivity index (χ2v) is 8.59. The smallest absolute Gasteiger partial charge is 0.412 e. The highest BCUT2D eigenvalue weighted by Gasteiger charge is 2.49. The SMILES string of the molecule is C[N+]1(C)[C@@H]2CC[C@H]1CC(OC(=O)Nc1c(F)cccc1-c1ccsc1)C2. The van der Waals surface area contributed by atoms with Crippen molar-refractivity contribution >= 4 is 23.1 Å². The minimum atomic E-state index is -0.566. The minimum absolute atomic E-state index is 0.0879. The van der Waals surface area contributed by atoms with Gasteiger partial charge < -0.3 is 9.22 Å². The van der Waals surface area contributed by atoms with E-state index in [-0.39, 0.29) is 11.8 Å². The molecule has 1 amide bonds. The molecule has 2 bridgehead atoms. The van der Waals surface area contributed by atoms with Crippen LogP contribution in [0, 0.1) is 5.82 Å². The quantitative estimate of drug-likeness (QED) is 0.777. The first-order valence-electron chi connectivity index (χ1n) is 9.07. The molecule has 4 rings (SSSR count). The molecule has 26 heavy (non-hydrogen) atoms. The number of carbonyl (C=O) groups excluding carboxylic acids is 1. The molecule has 0 saturated carbocycles. The van der Waals surface area contributed by atoms with Crippen LogP contribution in [0.15, 0.2) is 35.0 Å². The predicted molar refractivity (Wildman–Crippen MR) is 102 cm³/mol. The lowest BCUT2D eigenvalue weighted by atomic mass is 9.98. The molecule has 2 aromatic rings. The molecule has 2 aliphatic rings. The fourth-order valence-electron chi connectivity index (χ4n) is 4.52. The van der Waals surface area contributed by atoms with Crippen LogP contribution in [-0.2, 0) is 4.74 Å². The summed E-state index contributed by atoms with van der Waals surface area (Å²) in [4.78, 5) is 12.4. The summed E-state index contributed by atoms with van der Waals surface area (Å²) in [5.41, 5.74) is 1.75. The molecule has 1 aromatic carbocycles. The van der Waals surface area contributed by atoms with Crippen molar-refractivity contribution in [3.05, 3.63) is 40.8 Å². The summed E-state index contributed by atoms with van der Waals surface area (Å²) in [6.07, 6.45) is 3.49. The molecular weight excluding hydrogens is 351 g/mol. The number of ether oxygens (including phenoxy) is 1. The Labute approximate surface area is 157 Å². The molecule has 2 fully saturated rings. The number of carbonyl (C=O) groups is 1. The first-order valence-corrected chi connectivity index (χ1v) is 10.0. The number of halogens is 1. The van der Waals surface area contributed by atoms with Gasteiger partial charge in [-0.1, -0.05) is 12.1 Å². The van der Waals surface area contributed by atoms with Gasteiger partial charge in [-0.25, -0.2) is 9.18 Å². The van der Waals surface area contributed by atoms with Crippen LogP contribution >= 0.6 is 11.3 Å². The van der Waals surface area contributed by atoms with Crippen LogP contribution in [-0.4, -0.2) is 42.9 Å². The third-order valence-electron chi connectivity index (χ3n) is 6.13. The van der Waals surface area contributed by atoms with Gasteiger partial charge >= 0.3 is 6.09 Å². The Hall–Kier alpha value is -1.92. The first-order chi connectivity index (χ1) is 12.4. The van der Waals surface area contributed by atoms with E-state index >= 15 is 0 Å². The van der Waals surface area contributed by atoms with Crippen molar-refractivity contribution in [2.75, 3.05) is 19.4 Å². The molecule has 1 unspecified atom stereocenters. The summed E-state index contributed by atoms with van der Waals surface area (Å²) in [6, 6.07) is 7.81. The summed E-state index contributed by atoms with van der Waals surface area (Å²) in [5.74, 6) is -0.452. The van der Waals surface area contributed by atoms with Gasteiger partial charge in [-0.3, -0.25) is 5.32 Å². The van der Waals surface area contributed by atoms with E-state index in [1.54, 1.807) is 6.07 Å². The number of para-hydroxylation sites is 1. The van der Waals surface area contributed by atoms with Gasteiger partial charge in [0, 0.05) is 31.2 Å². The van der Waals surface area contributed by atoms with Crippen LogP contribution in [0.2, 0.25) is 0 Å². The van der Waals surface area contributed by atoms with Crippen LogP contribution in [0.25, 0.3) is 11.1 Å². The zero-order valence-electron chi connectivity index (χ0n) is 15.1. The average Bonchev–Trinajstić information content (AvgIpc) is 3.13. The molecule has 1 aromatic heterocycles. The van der Waals surface area contributed by atoms with E-state index in [1.807, 2.05) is 22.9 Å². The van der Waals surface area contributed by atoms with Crippen molar-refractivity contribution in [2.45, 2.75) is 43.9 Å². The largest absolute Gasteiger partial charge is 0.445 e. The topological polar surface area (TPSA) is 38.3 Å². The summed E-state index contributed by atoms with van der Waals surface area (Å²) in [5, 5.41) is 6.51. The van der Waals surface area contributed by atoms with E-state index in [0.717, 1.165) is 22.9 Å². The van der Waals surface area contributed by atoms with Crippen molar-refractivity contribution in [3.8, 4) is 11.1 Å². The summed E-state index contributed by atoms with van der Waals surface area (Å²) in [7, 11) is 4.54. The van der Waals surface area contributed by atoms with Crippen LogP contribution in [0.1, 0.15) is 25.7 Å². The second-order valence-electron chi connectivity index (χ2n) is 7.81. The third kappa shape index (κ3) is 3.12. The Bertz CT molecular complexity index is 790. The Morgan fingerprint density at radius 3 is 2.62 bits per heavy atom. The summed E-state index contributed by atoms with van der Waals surface area (Å²) >= 11 is 1.54. The summed E-state index contributed by atoms with van der Waals surface area (Å²) < 4.78 is 21.0. The van der Waals surface area contributed by atoms with Crippen LogP contribution in [0.5, 0.6) is 0 Å². The third-order valence-corrected chi connectivity index (χ3v) is 6.82. The number of fused-ring (bicyclic) bond motifs is 2. The van der Waals surface area contributed by atoms with Gasteiger partial charge in [0.25, 0.3) is 0 Å². The monoisotopic (exact) mass is 375 g/mol. The highest BCUT2D eigenvalue weighted by Crippen LogP contribution is 2.40. The zero-order chi connectivity index (χ0) is 18.3. The van der Waals surface area contributed by atoms with Gasteiger partial charge in [0.2, 0.25) is 0 Å². The van der Waals surface area contributed by atoms with Crippen molar-refractivity contribution in [1.82, 2.24) is 0 Å². The van der Waals surface area contributed by atoms with Gasteiger partial charge in [-0.05, 0) is 28.5 Å². The van der Waals surface area contributed by atoms with E-state index < -0.39 is 11.9 Å². The predicted octanol–water partition coefficient (Wildman–Crippen LogP) is 4.87. The molecule has 3 heterocycles. The van der Waals surface area contributed by atoms with Gasteiger partial charge in [0.15, 0.2) is 0 Å². The van der Waals surface area contributed by atoms with E-state index in [2.05, 4.69) is 19.4 Å². The number of anilines is 1. The van der Waals surface area contributed by atoms with Gasteiger partial charge in [-0.15, -0.1) is 0 Å². The number of nitrogens with one attached hydrogen (secondary N) is 1. The number of hydrogen-bond acceptors (Lipinski definition) is 3. The lowest BCUT2D eigenvalue weighted by Gasteiger charge is -2.43. The number of amides is 1. The Morgan fingerprint density at radius 2 is 1.96 bits per heavy atom. The second kappa shape index (κ2) is 6.67. The molecule has 0 spiro atoms. The van der Waals surface area contributed by atoms with Crippen molar-refractivity contribution in [2.24, 2.45) is 0 Å². The van der Waals surface area contributed by atoms with Crippen LogP contribution < -0.4 is 5.32 Å². The number of rotatable bonds is 3. The molecule has 2 saturated heterocycles. The average molecular weight is 375 g/mol. The maximum absolute atomic E-state index is 14.3. The Balaban J connectivity index is 1.47. The van der Waals surface area contributed by atoms with Gasteiger partial charge in [0.05, 0.1) is 31.9 Å². The molecule has 0 radical (unpaired) electrons. The van der Waals surface area contributed by atoms with Crippen molar-refractivity contribution in [1.29, 1.82) is 0 Å². The highest BCUT2D eigenvalue weighted by atomic mass is 32.1. The number of quaternary nitrogens is 1. The van der Waals surface area contributed by atoms with E-state index in [9.17, 15) is 9.18 Å². The number of piperidine rings is 1. The van der Waals surface area contributed by atoms with Gasteiger partial charge in [0.1, 0.15) is 11.9 Å². The van der Waals surface area contributed by atoms with Gasteiger partial charge in [-0.2, -0.15) is 11.3 Å². The molecular formula is C20H24FN2O2S+. The Morgan fingerprint density at radius 1 is 1.23 bits per heavy atom. The van der Waals surface area contributed by atoms with E-state index in [1.165, 1.54) is 30.2 Å². The fraction of sp³-hybridized carbons (Fsp3) is 0.450. The fourth-order valence-corrected chi connectivity index (χ4v) is 5.18.